The Morgan fingerprint density at radius 1 is 1.50 bits per heavy atom. The highest BCUT2D eigenvalue weighted by molar-refractivity contribution is 9.13. The first-order valence-corrected chi connectivity index (χ1v) is 5.17. The zero-order valence-corrected chi connectivity index (χ0v) is 9.61. The summed E-state index contributed by atoms with van der Waals surface area (Å²) in [5.74, 6) is 0.891. The van der Waals surface area contributed by atoms with Crippen LogP contribution in [0.25, 0.3) is 0 Å². The Bertz CT molecular complexity index is 230. The fraction of sp³-hybridized carbons (Fsp3) is 0.429. The van der Waals surface area contributed by atoms with Crippen LogP contribution in [0.5, 0.6) is 0 Å². The van der Waals surface area contributed by atoms with Crippen molar-refractivity contribution in [3.63, 3.8) is 0 Å². The molecule has 3 nitrogen and oxygen atoms in total. The smallest absolute Gasteiger partial charge is 0.183 e. The molecule has 0 spiro atoms. The van der Waals surface area contributed by atoms with E-state index in [-0.39, 0.29) is 0 Å². The topological polar surface area (TPSA) is 51.2 Å². The number of furan rings is 1. The fourth-order valence-electron chi connectivity index (χ4n) is 0.792. The zero-order chi connectivity index (χ0) is 8.97. The normalized spacial score (nSPS) is 10.6. The van der Waals surface area contributed by atoms with E-state index in [1.54, 1.807) is 0 Å². The molecule has 1 rings (SSSR count). The van der Waals surface area contributed by atoms with Crippen LogP contribution in [0.1, 0.15) is 5.76 Å². The van der Waals surface area contributed by atoms with Gasteiger partial charge in [-0.1, -0.05) is 0 Å². The molecule has 0 bridgehead atoms. The molecule has 0 aliphatic heterocycles. The van der Waals surface area contributed by atoms with Gasteiger partial charge in [-0.25, -0.2) is 0 Å². The van der Waals surface area contributed by atoms with Gasteiger partial charge in [0.25, 0.3) is 0 Å². The lowest BCUT2D eigenvalue weighted by Gasteiger charge is -1.97. The molecule has 12 heavy (non-hydrogen) atoms. The maximum Gasteiger partial charge on any atom is 0.183 e. The molecule has 5 heteroatoms. The molecule has 1 aromatic rings. The second-order valence-electron chi connectivity index (χ2n) is 2.30. The summed E-state index contributed by atoms with van der Waals surface area (Å²) in [6, 6.07) is 1.92. The van der Waals surface area contributed by atoms with E-state index in [0.717, 1.165) is 21.4 Å². The van der Waals surface area contributed by atoms with Crippen molar-refractivity contribution in [3.05, 3.63) is 21.0 Å². The van der Waals surface area contributed by atoms with Crippen molar-refractivity contribution in [1.29, 1.82) is 0 Å². The van der Waals surface area contributed by atoms with E-state index < -0.39 is 0 Å². The predicted molar refractivity (Wildman–Crippen MR) is 54.9 cm³/mol. The zero-order valence-electron chi connectivity index (χ0n) is 6.44. The van der Waals surface area contributed by atoms with E-state index in [0.29, 0.717) is 13.1 Å². The Labute approximate surface area is 87.9 Å². The molecule has 1 aromatic heterocycles. The molecule has 0 aliphatic carbocycles. The van der Waals surface area contributed by atoms with Crippen molar-refractivity contribution in [2.45, 2.75) is 6.54 Å². The van der Waals surface area contributed by atoms with Crippen LogP contribution >= 0.6 is 31.9 Å². The van der Waals surface area contributed by atoms with Gasteiger partial charge in [0.1, 0.15) is 5.76 Å². The number of nitrogens with two attached hydrogens (primary N) is 1. The molecule has 0 saturated carbocycles. The summed E-state index contributed by atoms with van der Waals surface area (Å²) in [5.41, 5.74) is 5.32. The first-order chi connectivity index (χ1) is 5.74. The third-order valence-corrected chi connectivity index (χ3v) is 3.03. The van der Waals surface area contributed by atoms with Crippen LogP contribution < -0.4 is 11.1 Å². The lowest BCUT2D eigenvalue weighted by atomic mass is 10.4. The Hall–Kier alpha value is 0.160. The van der Waals surface area contributed by atoms with Crippen LogP contribution in [0.15, 0.2) is 19.6 Å². The maximum absolute atomic E-state index is 5.33. The minimum absolute atomic E-state index is 0.642. The van der Waals surface area contributed by atoms with Gasteiger partial charge in [0.2, 0.25) is 0 Å². The van der Waals surface area contributed by atoms with E-state index in [2.05, 4.69) is 37.2 Å². The molecule has 0 aliphatic rings. The molecular weight excluding hydrogens is 288 g/mol. The first kappa shape index (κ1) is 10.2. The third-order valence-electron chi connectivity index (χ3n) is 1.32. The summed E-state index contributed by atoms with van der Waals surface area (Å²) in [7, 11) is 0. The molecule has 1 heterocycles. The Morgan fingerprint density at radius 2 is 2.25 bits per heavy atom. The van der Waals surface area contributed by atoms with Crippen molar-refractivity contribution < 1.29 is 4.42 Å². The van der Waals surface area contributed by atoms with Crippen LogP contribution in [0.2, 0.25) is 0 Å². The maximum atomic E-state index is 5.33. The van der Waals surface area contributed by atoms with E-state index in [4.69, 9.17) is 10.2 Å². The minimum atomic E-state index is 0.642. The number of hydrogen-bond donors (Lipinski definition) is 2. The summed E-state index contributed by atoms with van der Waals surface area (Å²) in [6.07, 6.45) is 0. The van der Waals surface area contributed by atoms with Crippen LogP contribution in [0.3, 0.4) is 0 Å². The molecule has 3 N–H and O–H groups in total. The average Bonchev–Trinajstić information content (AvgIpc) is 2.32. The molecule has 0 radical (unpaired) electrons. The van der Waals surface area contributed by atoms with E-state index in [9.17, 15) is 0 Å². The molecule has 0 amide bonds. The summed E-state index contributed by atoms with van der Waals surface area (Å²) >= 11 is 6.59. The van der Waals surface area contributed by atoms with Gasteiger partial charge < -0.3 is 15.5 Å². The standard InChI is InChI=1S/C7H10Br2N2O/c8-6-3-5(12-7(6)9)4-11-2-1-10/h3,11H,1-2,4,10H2. The molecule has 0 aromatic carbocycles. The minimum Gasteiger partial charge on any atom is -0.452 e. The molecule has 0 saturated heterocycles. The lowest BCUT2D eigenvalue weighted by Crippen LogP contribution is -2.21. The average molecular weight is 298 g/mol. The van der Waals surface area contributed by atoms with Gasteiger partial charge in [0, 0.05) is 13.1 Å². The van der Waals surface area contributed by atoms with Gasteiger partial charge in [0.15, 0.2) is 4.67 Å². The van der Waals surface area contributed by atoms with Gasteiger partial charge in [-0.3, -0.25) is 0 Å². The van der Waals surface area contributed by atoms with Crippen LogP contribution in [0.4, 0.5) is 0 Å². The van der Waals surface area contributed by atoms with Crippen molar-refractivity contribution in [2.75, 3.05) is 13.1 Å². The Balaban J connectivity index is 2.42. The SMILES string of the molecule is NCCNCc1cc(Br)c(Br)o1. The second-order valence-corrected chi connectivity index (χ2v) is 3.87. The molecule has 68 valence electrons. The van der Waals surface area contributed by atoms with Gasteiger partial charge >= 0.3 is 0 Å². The quantitative estimate of drug-likeness (QED) is 0.834. The monoisotopic (exact) mass is 296 g/mol. The lowest BCUT2D eigenvalue weighted by molar-refractivity contribution is 0.466. The number of hydrogen-bond acceptors (Lipinski definition) is 3. The second kappa shape index (κ2) is 5.01. The first-order valence-electron chi connectivity index (χ1n) is 3.58. The van der Waals surface area contributed by atoms with Gasteiger partial charge in [0.05, 0.1) is 11.0 Å². The fourth-order valence-corrected chi connectivity index (χ4v) is 1.45. The van der Waals surface area contributed by atoms with Gasteiger partial charge in [-0.2, -0.15) is 0 Å². The summed E-state index contributed by atoms with van der Waals surface area (Å²) in [6.45, 7) is 2.15. The third kappa shape index (κ3) is 2.90. The molecule has 0 unspecified atom stereocenters. The number of nitrogens with one attached hydrogen (secondary N) is 1. The summed E-state index contributed by atoms with van der Waals surface area (Å²) in [5, 5.41) is 3.13. The van der Waals surface area contributed by atoms with Gasteiger partial charge in [-0.15, -0.1) is 0 Å². The largest absolute Gasteiger partial charge is 0.452 e. The Kier molecular flexibility index (Phi) is 4.28. The predicted octanol–water partition coefficient (Wildman–Crippen LogP) is 1.85. The summed E-state index contributed by atoms with van der Waals surface area (Å²) < 4.78 is 6.99. The molecule has 0 fully saturated rings. The summed E-state index contributed by atoms with van der Waals surface area (Å²) in [4.78, 5) is 0. The van der Waals surface area contributed by atoms with Crippen molar-refractivity contribution in [1.82, 2.24) is 5.32 Å². The van der Waals surface area contributed by atoms with Crippen LogP contribution in [0, 0.1) is 0 Å². The van der Waals surface area contributed by atoms with Gasteiger partial charge in [-0.05, 0) is 37.9 Å². The van der Waals surface area contributed by atoms with Crippen molar-refractivity contribution in [2.24, 2.45) is 5.73 Å². The van der Waals surface area contributed by atoms with Crippen molar-refractivity contribution >= 4 is 31.9 Å². The van der Waals surface area contributed by atoms with Crippen LogP contribution in [-0.4, -0.2) is 13.1 Å². The molecular formula is C7H10Br2N2O. The van der Waals surface area contributed by atoms with Crippen LogP contribution in [-0.2, 0) is 6.54 Å². The van der Waals surface area contributed by atoms with E-state index in [1.165, 1.54) is 0 Å². The molecule has 0 atom stereocenters. The highest BCUT2D eigenvalue weighted by atomic mass is 79.9. The van der Waals surface area contributed by atoms with E-state index in [1.807, 2.05) is 6.07 Å². The Morgan fingerprint density at radius 3 is 2.75 bits per heavy atom. The highest BCUT2D eigenvalue weighted by Crippen LogP contribution is 2.26. The van der Waals surface area contributed by atoms with E-state index >= 15 is 0 Å². The van der Waals surface area contributed by atoms with Crippen molar-refractivity contribution in [3.8, 4) is 0 Å². The number of rotatable bonds is 4. The highest BCUT2D eigenvalue weighted by Gasteiger charge is 2.04. The number of halogens is 2.